The highest BCUT2D eigenvalue weighted by Crippen LogP contribution is 2.23. The lowest BCUT2D eigenvalue weighted by Gasteiger charge is -2.09. The second-order valence-electron chi connectivity index (χ2n) is 5.82. The second kappa shape index (κ2) is 6.73. The zero-order valence-corrected chi connectivity index (χ0v) is 15.5. The topological polar surface area (TPSA) is 59.3 Å². The first kappa shape index (κ1) is 16.6. The van der Waals surface area contributed by atoms with Crippen LogP contribution < -0.4 is 5.32 Å². The molecule has 0 saturated heterocycles. The highest BCUT2D eigenvalue weighted by molar-refractivity contribution is 9.10. The molecule has 0 aromatic carbocycles. The number of amides is 1. The Labute approximate surface area is 149 Å². The lowest BCUT2D eigenvalue weighted by Crippen LogP contribution is -2.18. The van der Waals surface area contributed by atoms with Gasteiger partial charge in [0.05, 0.1) is 5.69 Å². The Morgan fingerprint density at radius 3 is 2.83 bits per heavy atom. The SMILES string of the molecule is CCCc1nc2c(C)cc(Br)cn2c1C(=O)Nc1ncccc1C. The van der Waals surface area contributed by atoms with Crippen LogP contribution in [0.5, 0.6) is 0 Å². The first-order chi connectivity index (χ1) is 11.5. The minimum Gasteiger partial charge on any atom is -0.305 e. The third kappa shape index (κ3) is 3.06. The third-order valence-corrected chi connectivity index (χ3v) is 4.32. The molecule has 0 saturated carbocycles. The zero-order chi connectivity index (χ0) is 17.3. The van der Waals surface area contributed by atoms with Gasteiger partial charge in [-0.15, -0.1) is 0 Å². The average molecular weight is 387 g/mol. The number of carbonyl (C=O) groups excluding carboxylic acids is 1. The van der Waals surface area contributed by atoms with Crippen molar-refractivity contribution in [2.45, 2.75) is 33.6 Å². The van der Waals surface area contributed by atoms with Crippen molar-refractivity contribution in [2.75, 3.05) is 5.32 Å². The van der Waals surface area contributed by atoms with E-state index in [4.69, 9.17) is 0 Å². The Balaban J connectivity index is 2.11. The van der Waals surface area contributed by atoms with Crippen molar-refractivity contribution in [2.24, 2.45) is 0 Å². The van der Waals surface area contributed by atoms with Gasteiger partial charge in [-0.1, -0.05) is 19.4 Å². The van der Waals surface area contributed by atoms with Crippen molar-refractivity contribution in [3.05, 3.63) is 57.6 Å². The Hall–Kier alpha value is -2.21. The molecule has 1 N–H and O–H groups in total. The summed E-state index contributed by atoms with van der Waals surface area (Å²) in [4.78, 5) is 21.9. The molecule has 24 heavy (non-hydrogen) atoms. The van der Waals surface area contributed by atoms with Crippen LogP contribution in [0.15, 0.2) is 35.1 Å². The smallest absolute Gasteiger partial charge is 0.275 e. The summed E-state index contributed by atoms with van der Waals surface area (Å²) >= 11 is 3.50. The Kier molecular flexibility index (Phi) is 4.66. The van der Waals surface area contributed by atoms with E-state index in [-0.39, 0.29) is 5.91 Å². The summed E-state index contributed by atoms with van der Waals surface area (Å²) in [7, 11) is 0. The Morgan fingerprint density at radius 1 is 1.33 bits per heavy atom. The molecule has 0 unspecified atom stereocenters. The summed E-state index contributed by atoms with van der Waals surface area (Å²) < 4.78 is 2.77. The van der Waals surface area contributed by atoms with Crippen LogP contribution in [0.1, 0.15) is 40.7 Å². The number of aryl methyl sites for hydroxylation is 3. The number of rotatable bonds is 4. The number of halogens is 1. The molecule has 0 aliphatic carbocycles. The summed E-state index contributed by atoms with van der Waals surface area (Å²) in [6.07, 6.45) is 5.23. The number of aromatic nitrogens is 3. The number of nitrogens with zero attached hydrogens (tertiary/aromatic N) is 3. The lowest BCUT2D eigenvalue weighted by atomic mass is 10.2. The number of nitrogens with one attached hydrogen (secondary N) is 1. The summed E-state index contributed by atoms with van der Waals surface area (Å²) in [5, 5.41) is 2.92. The number of pyridine rings is 2. The van der Waals surface area contributed by atoms with E-state index in [0.717, 1.165) is 39.8 Å². The molecule has 0 spiro atoms. The van der Waals surface area contributed by atoms with Gasteiger partial charge in [-0.2, -0.15) is 0 Å². The fourth-order valence-corrected chi connectivity index (χ4v) is 3.30. The van der Waals surface area contributed by atoms with Gasteiger partial charge < -0.3 is 5.32 Å². The molecule has 0 fully saturated rings. The van der Waals surface area contributed by atoms with Crippen LogP contribution in [0, 0.1) is 13.8 Å². The van der Waals surface area contributed by atoms with Crippen LogP contribution >= 0.6 is 15.9 Å². The largest absolute Gasteiger partial charge is 0.305 e. The standard InChI is InChI=1S/C18H19BrN4O/c1-4-6-14-15(18(24)22-16-11(2)7-5-8-20-16)23-10-13(19)9-12(3)17(23)21-14/h5,7-10H,4,6H2,1-3H3,(H,20,22,24). The van der Waals surface area contributed by atoms with Gasteiger partial charge in [0.15, 0.2) is 0 Å². The van der Waals surface area contributed by atoms with Crippen LogP contribution in [0.2, 0.25) is 0 Å². The van der Waals surface area contributed by atoms with Crippen molar-refractivity contribution >= 4 is 33.3 Å². The first-order valence-corrected chi connectivity index (χ1v) is 8.70. The molecule has 0 radical (unpaired) electrons. The van der Waals surface area contributed by atoms with Crippen molar-refractivity contribution < 1.29 is 4.79 Å². The van der Waals surface area contributed by atoms with E-state index in [0.29, 0.717) is 11.5 Å². The molecule has 124 valence electrons. The van der Waals surface area contributed by atoms with E-state index in [2.05, 4.69) is 38.1 Å². The van der Waals surface area contributed by atoms with Crippen molar-refractivity contribution in [3.63, 3.8) is 0 Å². The minimum atomic E-state index is -0.190. The van der Waals surface area contributed by atoms with Crippen molar-refractivity contribution in [1.29, 1.82) is 0 Å². The van der Waals surface area contributed by atoms with Gasteiger partial charge in [0.25, 0.3) is 5.91 Å². The molecule has 0 aliphatic heterocycles. The summed E-state index contributed by atoms with van der Waals surface area (Å²) in [6, 6.07) is 5.77. The van der Waals surface area contributed by atoms with E-state index in [9.17, 15) is 4.79 Å². The normalized spacial score (nSPS) is 11.0. The van der Waals surface area contributed by atoms with E-state index >= 15 is 0 Å². The van der Waals surface area contributed by atoms with Gasteiger partial charge in [-0.05, 0) is 59.5 Å². The molecule has 0 atom stereocenters. The number of anilines is 1. The monoisotopic (exact) mass is 386 g/mol. The molecule has 6 heteroatoms. The van der Waals surface area contributed by atoms with E-state index in [1.165, 1.54) is 0 Å². The number of hydrogen-bond donors (Lipinski definition) is 1. The van der Waals surface area contributed by atoms with Gasteiger partial charge in [0.2, 0.25) is 0 Å². The molecule has 0 aliphatic rings. The van der Waals surface area contributed by atoms with E-state index < -0.39 is 0 Å². The van der Waals surface area contributed by atoms with Gasteiger partial charge in [-0.3, -0.25) is 9.20 Å². The quantitative estimate of drug-likeness (QED) is 0.726. The highest BCUT2D eigenvalue weighted by atomic mass is 79.9. The predicted octanol–water partition coefficient (Wildman–Crippen LogP) is 4.31. The maximum Gasteiger partial charge on any atom is 0.275 e. The molecule has 1 amide bonds. The predicted molar refractivity (Wildman–Crippen MR) is 98.6 cm³/mol. The molecular weight excluding hydrogens is 368 g/mol. The van der Waals surface area contributed by atoms with Gasteiger partial charge >= 0.3 is 0 Å². The highest BCUT2D eigenvalue weighted by Gasteiger charge is 2.21. The number of imidazole rings is 1. The molecule has 3 aromatic heterocycles. The maximum atomic E-state index is 12.9. The van der Waals surface area contributed by atoms with Crippen LogP contribution in [0.4, 0.5) is 5.82 Å². The maximum absolute atomic E-state index is 12.9. The molecule has 3 aromatic rings. The van der Waals surface area contributed by atoms with Crippen molar-refractivity contribution in [1.82, 2.24) is 14.4 Å². The summed E-state index contributed by atoms with van der Waals surface area (Å²) in [6.45, 7) is 6.00. The third-order valence-electron chi connectivity index (χ3n) is 3.89. The first-order valence-electron chi connectivity index (χ1n) is 7.91. The number of fused-ring (bicyclic) bond motifs is 1. The van der Waals surface area contributed by atoms with Gasteiger partial charge in [-0.25, -0.2) is 9.97 Å². The summed E-state index contributed by atoms with van der Waals surface area (Å²) in [5.74, 6) is 0.386. The number of carbonyl (C=O) groups is 1. The molecule has 5 nitrogen and oxygen atoms in total. The molecular formula is C18H19BrN4O. The zero-order valence-electron chi connectivity index (χ0n) is 13.9. The van der Waals surface area contributed by atoms with Crippen LogP contribution in [0.25, 0.3) is 5.65 Å². The fourth-order valence-electron chi connectivity index (χ4n) is 2.75. The summed E-state index contributed by atoms with van der Waals surface area (Å²) in [5.41, 5.74) is 4.14. The lowest BCUT2D eigenvalue weighted by molar-refractivity contribution is 0.102. The molecule has 3 rings (SSSR count). The van der Waals surface area contributed by atoms with Crippen molar-refractivity contribution in [3.8, 4) is 0 Å². The molecule has 0 bridgehead atoms. The van der Waals surface area contributed by atoms with Gasteiger partial charge in [0.1, 0.15) is 17.2 Å². The minimum absolute atomic E-state index is 0.190. The average Bonchev–Trinajstić information content (AvgIpc) is 2.88. The van der Waals surface area contributed by atoms with Gasteiger partial charge in [0, 0.05) is 16.9 Å². The Bertz CT molecular complexity index is 917. The van der Waals surface area contributed by atoms with E-state index in [1.807, 2.05) is 42.6 Å². The fraction of sp³-hybridized carbons (Fsp3) is 0.278. The second-order valence-corrected chi connectivity index (χ2v) is 6.73. The van der Waals surface area contributed by atoms with Crippen LogP contribution in [-0.4, -0.2) is 20.3 Å². The van der Waals surface area contributed by atoms with Crippen LogP contribution in [0.3, 0.4) is 0 Å². The number of hydrogen-bond acceptors (Lipinski definition) is 3. The molecule has 3 heterocycles. The Morgan fingerprint density at radius 2 is 2.12 bits per heavy atom. The van der Waals surface area contributed by atoms with E-state index in [1.54, 1.807) is 6.20 Å². The van der Waals surface area contributed by atoms with Crippen LogP contribution in [-0.2, 0) is 6.42 Å².